The molecule has 0 aliphatic carbocycles. The van der Waals surface area contributed by atoms with Crippen molar-refractivity contribution in [2.24, 2.45) is 4.99 Å². The Morgan fingerprint density at radius 3 is 2.79 bits per heavy atom. The quantitative estimate of drug-likeness (QED) is 0.433. The lowest BCUT2D eigenvalue weighted by Gasteiger charge is -2.22. The van der Waals surface area contributed by atoms with E-state index < -0.39 is 0 Å². The van der Waals surface area contributed by atoms with E-state index in [4.69, 9.17) is 11.6 Å². The summed E-state index contributed by atoms with van der Waals surface area (Å²) in [5.41, 5.74) is 1.32. The Balaban J connectivity index is 1.76. The molecule has 24 heavy (non-hydrogen) atoms. The number of hydrogen-bond donors (Lipinski definition) is 3. The second-order valence-corrected chi connectivity index (χ2v) is 7.67. The summed E-state index contributed by atoms with van der Waals surface area (Å²) >= 11 is 6.09. The monoisotopic (exact) mass is 351 g/mol. The zero-order valence-corrected chi connectivity index (χ0v) is 16.0. The molecule has 1 unspecified atom stereocenters. The number of hydrogen-bond acceptors (Lipinski definition) is 3. The molecule has 1 aliphatic rings. The summed E-state index contributed by atoms with van der Waals surface area (Å²) in [6.07, 6.45) is 1.09. The molecule has 1 saturated heterocycles. The van der Waals surface area contributed by atoms with E-state index in [-0.39, 0.29) is 5.54 Å². The van der Waals surface area contributed by atoms with E-state index in [1.165, 1.54) is 5.69 Å². The molecule has 1 fully saturated rings. The molecule has 1 aromatic rings. The van der Waals surface area contributed by atoms with E-state index in [2.05, 4.69) is 52.7 Å². The number of nitrogens with zero attached hydrogens (tertiary/aromatic N) is 2. The zero-order valence-electron chi connectivity index (χ0n) is 15.2. The molecule has 5 nitrogen and oxygen atoms in total. The Morgan fingerprint density at radius 2 is 2.12 bits per heavy atom. The van der Waals surface area contributed by atoms with E-state index in [0.29, 0.717) is 6.04 Å². The highest BCUT2D eigenvalue weighted by Gasteiger charge is 2.23. The third kappa shape index (κ3) is 6.21. The SMILES string of the molecule is CN=C(NCCNC(C)(C)C)NC1CCN(c2cccc(Cl)c2)C1. The fourth-order valence-corrected chi connectivity index (χ4v) is 2.98. The number of benzene rings is 1. The van der Waals surface area contributed by atoms with Gasteiger partial charge in [-0.2, -0.15) is 0 Å². The van der Waals surface area contributed by atoms with E-state index in [9.17, 15) is 0 Å². The van der Waals surface area contributed by atoms with Crippen LogP contribution in [0.3, 0.4) is 0 Å². The van der Waals surface area contributed by atoms with Gasteiger partial charge < -0.3 is 20.9 Å². The van der Waals surface area contributed by atoms with Gasteiger partial charge in [0, 0.05) is 55.5 Å². The molecule has 3 N–H and O–H groups in total. The third-order valence-electron chi connectivity index (χ3n) is 4.00. The maximum absolute atomic E-state index is 6.09. The van der Waals surface area contributed by atoms with Crippen LogP contribution in [0.4, 0.5) is 5.69 Å². The van der Waals surface area contributed by atoms with Crippen LogP contribution in [0.15, 0.2) is 29.3 Å². The van der Waals surface area contributed by atoms with Crippen molar-refractivity contribution in [3.05, 3.63) is 29.3 Å². The van der Waals surface area contributed by atoms with E-state index in [1.54, 1.807) is 0 Å². The molecular weight excluding hydrogens is 322 g/mol. The summed E-state index contributed by atoms with van der Waals surface area (Å²) < 4.78 is 0. The number of guanidine groups is 1. The first-order valence-corrected chi connectivity index (χ1v) is 8.98. The Hall–Kier alpha value is -1.46. The fraction of sp³-hybridized carbons (Fsp3) is 0.611. The third-order valence-corrected chi connectivity index (χ3v) is 4.23. The highest BCUT2D eigenvalue weighted by Crippen LogP contribution is 2.23. The number of halogens is 1. The largest absolute Gasteiger partial charge is 0.369 e. The lowest BCUT2D eigenvalue weighted by atomic mass is 10.1. The fourth-order valence-electron chi connectivity index (χ4n) is 2.79. The van der Waals surface area contributed by atoms with Crippen molar-refractivity contribution in [1.29, 1.82) is 0 Å². The van der Waals surface area contributed by atoms with E-state index >= 15 is 0 Å². The predicted octanol–water partition coefficient (Wildman–Crippen LogP) is 2.47. The summed E-state index contributed by atoms with van der Waals surface area (Å²) in [4.78, 5) is 6.68. The van der Waals surface area contributed by atoms with Crippen LogP contribution in [0.5, 0.6) is 0 Å². The van der Waals surface area contributed by atoms with Crippen molar-refractivity contribution < 1.29 is 0 Å². The van der Waals surface area contributed by atoms with Gasteiger partial charge in [0.15, 0.2) is 5.96 Å². The summed E-state index contributed by atoms with van der Waals surface area (Å²) in [6, 6.07) is 8.44. The van der Waals surface area contributed by atoms with Gasteiger partial charge in [0.2, 0.25) is 0 Å². The predicted molar refractivity (Wildman–Crippen MR) is 104 cm³/mol. The molecule has 134 valence electrons. The molecule has 1 atom stereocenters. The smallest absolute Gasteiger partial charge is 0.191 e. The molecule has 1 aromatic carbocycles. The second-order valence-electron chi connectivity index (χ2n) is 7.23. The minimum Gasteiger partial charge on any atom is -0.369 e. The lowest BCUT2D eigenvalue weighted by Crippen LogP contribution is -2.47. The zero-order chi connectivity index (χ0) is 17.6. The molecule has 6 heteroatoms. The standard InChI is InChI=1S/C18H30ClN5/c1-18(2,3)22-10-9-21-17(20-4)23-15-8-11-24(13-15)16-7-5-6-14(19)12-16/h5-7,12,15,22H,8-11,13H2,1-4H3,(H2,20,21,23). The molecule has 0 bridgehead atoms. The summed E-state index contributed by atoms with van der Waals surface area (Å²) in [7, 11) is 1.82. The van der Waals surface area contributed by atoms with Crippen LogP contribution in [0.1, 0.15) is 27.2 Å². The molecule has 1 heterocycles. The normalized spacial score (nSPS) is 18.8. The van der Waals surface area contributed by atoms with Crippen LogP contribution in [0.2, 0.25) is 5.02 Å². The molecule has 2 rings (SSSR count). The van der Waals surface area contributed by atoms with E-state index in [0.717, 1.165) is 43.6 Å². The number of rotatable bonds is 5. The van der Waals surface area contributed by atoms with Gasteiger partial charge in [0.05, 0.1) is 0 Å². The first-order valence-electron chi connectivity index (χ1n) is 8.60. The van der Waals surface area contributed by atoms with Gasteiger partial charge in [0.1, 0.15) is 0 Å². The molecular formula is C18H30ClN5. The second kappa shape index (κ2) is 8.58. The summed E-state index contributed by atoms with van der Waals surface area (Å²) in [5.74, 6) is 0.864. The van der Waals surface area contributed by atoms with Gasteiger partial charge in [-0.05, 0) is 45.4 Å². The Morgan fingerprint density at radius 1 is 1.33 bits per heavy atom. The topological polar surface area (TPSA) is 51.7 Å². The highest BCUT2D eigenvalue weighted by atomic mass is 35.5. The van der Waals surface area contributed by atoms with Crippen LogP contribution >= 0.6 is 11.6 Å². The molecule has 0 amide bonds. The Kier molecular flexibility index (Phi) is 6.75. The highest BCUT2D eigenvalue weighted by molar-refractivity contribution is 6.30. The minimum atomic E-state index is 0.140. The number of nitrogens with one attached hydrogen (secondary N) is 3. The molecule has 0 radical (unpaired) electrons. The summed E-state index contributed by atoms with van der Waals surface area (Å²) in [5, 5.41) is 11.1. The van der Waals surface area contributed by atoms with Crippen molar-refractivity contribution in [2.75, 3.05) is 38.1 Å². The van der Waals surface area contributed by atoms with Crippen molar-refractivity contribution in [2.45, 2.75) is 38.8 Å². The lowest BCUT2D eigenvalue weighted by molar-refractivity contribution is 0.428. The van der Waals surface area contributed by atoms with Gasteiger partial charge in [-0.3, -0.25) is 4.99 Å². The molecule has 0 spiro atoms. The summed E-state index contributed by atoms with van der Waals surface area (Å²) in [6.45, 7) is 10.3. The van der Waals surface area contributed by atoms with Crippen LogP contribution in [-0.2, 0) is 0 Å². The number of anilines is 1. The van der Waals surface area contributed by atoms with Gasteiger partial charge >= 0.3 is 0 Å². The van der Waals surface area contributed by atoms with Crippen molar-refractivity contribution in [3.63, 3.8) is 0 Å². The molecule has 0 saturated carbocycles. The Labute approximate surface area is 150 Å². The average molecular weight is 352 g/mol. The number of aliphatic imine (C=N–C) groups is 1. The molecule has 0 aromatic heterocycles. The average Bonchev–Trinajstić information content (AvgIpc) is 2.98. The van der Waals surface area contributed by atoms with Crippen molar-refractivity contribution in [3.8, 4) is 0 Å². The molecule has 1 aliphatic heterocycles. The first-order chi connectivity index (χ1) is 11.4. The van der Waals surface area contributed by atoms with Crippen LogP contribution in [-0.4, -0.2) is 50.8 Å². The van der Waals surface area contributed by atoms with Crippen molar-refractivity contribution >= 4 is 23.2 Å². The maximum atomic E-state index is 6.09. The van der Waals surface area contributed by atoms with Gasteiger partial charge in [-0.15, -0.1) is 0 Å². The first kappa shape index (κ1) is 18.9. The van der Waals surface area contributed by atoms with Crippen molar-refractivity contribution in [1.82, 2.24) is 16.0 Å². The van der Waals surface area contributed by atoms with Gasteiger partial charge in [-0.25, -0.2) is 0 Å². The van der Waals surface area contributed by atoms with Crippen LogP contribution in [0, 0.1) is 0 Å². The van der Waals surface area contributed by atoms with Crippen LogP contribution < -0.4 is 20.9 Å². The van der Waals surface area contributed by atoms with Gasteiger partial charge in [0.25, 0.3) is 0 Å². The Bertz CT molecular complexity index is 553. The minimum absolute atomic E-state index is 0.140. The maximum Gasteiger partial charge on any atom is 0.191 e. The van der Waals surface area contributed by atoms with E-state index in [1.807, 2.05) is 25.2 Å². The van der Waals surface area contributed by atoms with Gasteiger partial charge in [-0.1, -0.05) is 17.7 Å². The van der Waals surface area contributed by atoms with Crippen LogP contribution in [0.25, 0.3) is 0 Å².